The van der Waals surface area contributed by atoms with Gasteiger partial charge in [-0.3, -0.25) is 4.68 Å². The molecular weight excluding hydrogens is 262 g/mol. The van der Waals surface area contributed by atoms with E-state index >= 15 is 0 Å². The van der Waals surface area contributed by atoms with Gasteiger partial charge in [0.15, 0.2) is 0 Å². The highest BCUT2D eigenvalue weighted by atomic mass is 15.4. The van der Waals surface area contributed by atoms with E-state index in [2.05, 4.69) is 47.6 Å². The van der Waals surface area contributed by atoms with Crippen LogP contribution in [0.3, 0.4) is 0 Å². The highest BCUT2D eigenvalue weighted by Crippen LogP contribution is 2.27. The summed E-state index contributed by atoms with van der Waals surface area (Å²) >= 11 is 0. The maximum atomic E-state index is 4.23. The van der Waals surface area contributed by atoms with E-state index in [1.54, 1.807) is 0 Å². The number of rotatable bonds is 8. The van der Waals surface area contributed by atoms with Gasteiger partial charge in [0.05, 0.1) is 12.2 Å². The van der Waals surface area contributed by atoms with Crippen LogP contribution in [0, 0.1) is 5.92 Å². The van der Waals surface area contributed by atoms with E-state index < -0.39 is 0 Å². The quantitative estimate of drug-likeness (QED) is 0.747. The number of hydrogen-bond acceptors (Lipinski definition) is 4. The van der Waals surface area contributed by atoms with Gasteiger partial charge in [-0.15, -0.1) is 5.10 Å². The molecule has 2 unspecified atom stereocenters. The highest BCUT2D eigenvalue weighted by Gasteiger charge is 2.24. The molecule has 0 aromatic carbocycles. The largest absolute Gasteiger partial charge is 0.311 e. The van der Waals surface area contributed by atoms with Crippen LogP contribution in [0.15, 0.2) is 6.20 Å². The van der Waals surface area contributed by atoms with Crippen LogP contribution in [0.25, 0.3) is 0 Å². The fourth-order valence-electron chi connectivity index (χ4n) is 3.30. The summed E-state index contributed by atoms with van der Waals surface area (Å²) < 4.78 is 1.98. The fourth-order valence-corrected chi connectivity index (χ4v) is 3.30. The standard InChI is InChI=1S/C16H31N5/c1-4-9-17-12-15-13-21(19-18-15)11-10-20(3)16-8-6-5-7-14(16)2/h13-14,16-17H,4-12H2,1-3H3. The summed E-state index contributed by atoms with van der Waals surface area (Å²) in [5.41, 5.74) is 1.04. The van der Waals surface area contributed by atoms with Crippen molar-refractivity contribution in [1.82, 2.24) is 25.2 Å². The zero-order chi connectivity index (χ0) is 15.1. The van der Waals surface area contributed by atoms with Crippen LogP contribution in [0.2, 0.25) is 0 Å². The Morgan fingerprint density at radius 3 is 2.95 bits per heavy atom. The third-order valence-electron chi connectivity index (χ3n) is 4.63. The van der Waals surface area contributed by atoms with Crippen LogP contribution < -0.4 is 5.32 Å². The van der Waals surface area contributed by atoms with E-state index in [-0.39, 0.29) is 0 Å². The predicted molar refractivity (Wildman–Crippen MR) is 86.1 cm³/mol. The Kier molecular flexibility index (Phi) is 6.64. The zero-order valence-corrected chi connectivity index (χ0v) is 13.9. The van der Waals surface area contributed by atoms with Crippen LogP contribution in [-0.2, 0) is 13.1 Å². The lowest BCUT2D eigenvalue weighted by atomic mass is 9.85. The molecule has 5 nitrogen and oxygen atoms in total. The first-order chi connectivity index (χ1) is 10.2. The molecule has 1 aliphatic carbocycles. The third kappa shape index (κ3) is 5.08. The fraction of sp³-hybridized carbons (Fsp3) is 0.875. The molecule has 21 heavy (non-hydrogen) atoms. The Hall–Kier alpha value is -0.940. The Labute approximate surface area is 129 Å². The first-order valence-electron chi connectivity index (χ1n) is 8.50. The number of nitrogens with one attached hydrogen (secondary N) is 1. The van der Waals surface area contributed by atoms with Crippen molar-refractivity contribution >= 4 is 0 Å². The number of aromatic nitrogens is 3. The van der Waals surface area contributed by atoms with Crippen LogP contribution in [0.4, 0.5) is 0 Å². The monoisotopic (exact) mass is 293 g/mol. The Morgan fingerprint density at radius 1 is 1.38 bits per heavy atom. The van der Waals surface area contributed by atoms with Crippen LogP contribution in [0.1, 0.15) is 51.6 Å². The molecule has 2 atom stereocenters. The van der Waals surface area contributed by atoms with Crippen molar-refractivity contribution in [3.8, 4) is 0 Å². The first-order valence-corrected chi connectivity index (χ1v) is 8.50. The van der Waals surface area contributed by atoms with Crippen LogP contribution >= 0.6 is 0 Å². The summed E-state index contributed by atoms with van der Waals surface area (Å²) in [5, 5.41) is 11.8. The lowest BCUT2D eigenvalue weighted by Crippen LogP contribution is -2.40. The average Bonchev–Trinajstić information content (AvgIpc) is 2.93. The molecule has 0 radical (unpaired) electrons. The van der Waals surface area contributed by atoms with E-state index in [1.807, 2.05) is 4.68 Å². The zero-order valence-electron chi connectivity index (χ0n) is 13.9. The van der Waals surface area contributed by atoms with Gasteiger partial charge in [0.25, 0.3) is 0 Å². The molecule has 2 rings (SSSR count). The summed E-state index contributed by atoms with van der Waals surface area (Å²) in [6.07, 6.45) is 8.74. The molecular formula is C16H31N5. The van der Waals surface area contributed by atoms with Crippen molar-refractivity contribution in [3.63, 3.8) is 0 Å². The minimum atomic E-state index is 0.743. The molecule has 1 aromatic heterocycles. The molecule has 0 amide bonds. The van der Waals surface area contributed by atoms with Gasteiger partial charge in [0.1, 0.15) is 0 Å². The van der Waals surface area contributed by atoms with Crippen molar-refractivity contribution in [3.05, 3.63) is 11.9 Å². The van der Waals surface area contributed by atoms with Gasteiger partial charge in [0, 0.05) is 25.3 Å². The topological polar surface area (TPSA) is 46.0 Å². The average molecular weight is 293 g/mol. The van der Waals surface area contributed by atoms with E-state index in [9.17, 15) is 0 Å². The molecule has 5 heteroatoms. The van der Waals surface area contributed by atoms with E-state index in [0.717, 1.165) is 50.3 Å². The molecule has 0 aliphatic heterocycles. The summed E-state index contributed by atoms with van der Waals surface area (Å²) in [5.74, 6) is 0.827. The SMILES string of the molecule is CCCNCc1cn(CCN(C)C2CCCCC2C)nn1. The van der Waals surface area contributed by atoms with Crippen molar-refractivity contribution in [2.24, 2.45) is 5.92 Å². The molecule has 0 bridgehead atoms. The third-order valence-corrected chi connectivity index (χ3v) is 4.63. The number of likely N-dealkylation sites (N-methyl/N-ethyl adjacent to an activating group) is 1. The van der Waals surface area contributed by atoms with Crippen molar-refractivity contribution in [2.45, 2.75) is 65.1 Å². The van der Waals surface area contributed by atoms with Gasteiger partial charge >= 0.3 is 0 Å². The van der Waals surface area contributed by atoms with Crippen molar-refractivity contribution in [1.29, 1.82) is 0 Å². The van der Waals surface area contributed by atoms with Gasteiger partial charge < -0.3 is 10.2 Å². The second-order valence-corrected chi connectivity index (χ2v) is 6.46. The number of hydrogen-bond donors (Lipinski definition) is 1. The maximum Gasteiger partial charge on any atom is 0.0964 e. The van der Waals surface area contributed by atoms with Crippen LogP contribution in [0.5, 0.6) is 0 Å². The summed E-state index contributed by atoms with van der Waals surface area (Å²) in [7, 11) is 2.26. The molecule has 1 fully saturated rings. The predicted octanol–water partition coefficient (Wildman–Crippen LogP) is 2.29. The molecule has 120 valence electrons. The lowest BCUT2D eigenvalue weighted by molar-refractivity contribution is 0.134. The normalized spacial score (nSPS) is 22.9. The highest BCUT2D eigenvalue weighted by molar-refractivity contribution is 4.91. The van der Waals surface area contributed by atoms with Gasteiger partial charge in [-0.25, -0.2) is 0 Å². The Morgan fingerprint density at radius 2 is 2.19 bits per heavy atom. The first kappa shape index (κ1) is 16.4. The molecule has 0 spiro atoms. The van der Waals surface area contributed by atoms with E-state index in [0.29, 0.717) is 0 Å². The molecule has 1 aromatic rings. The summed E-state index contributed by atoms with van der Waals surface area (Å²) in [6, 6.07) is 0.743. The maximum absolute atomic E-state index is 4.23. The second-order valence-electron chi connectivity index (χ2n) is 6.46. The van der Waals surface area contributed by atoms with Gasteiger partial charge in [-0.05, 0) is 38.8 Å². The van der Waals surface area contributed by atoms with E-state index in [4.69, 9.17) is 0 Å². The van der Waals surface area contributed by atoms with Gasteiger partial charge in [0.2, 0.25) is 0 Å². The summed E-state index contributed by atoms with van der Waals surface area (Å²) in [4.78, 5) is 2.51. The Balaban J connectivity index is 1.74. The molecule has 1 aliphatic rings. The Bertz CT molecular complexity index is 403. The van der Waals surface area contributed by atoms with E-state index in [1.165, 1.54) is 25.7 Å². The van der Waals surface area contributed by atoms with Crippen molar-refractivity contribution < 1.29 is 0 Å². The minimum absolute atomic E-state index is 0.743. The molecule has 1 heterocycles. The van der Waals surface area contributed by atoms with Crippen LogP contribution in [-0.4, -0.2) is 46.1 Å². The molecule has 1 N–H and O–H groups in total. The smallest absolute Gasteiger partial charge is 0.0964 e. The van der Waals surface area contributed by atoms with Gasteiger partial charge in [-0.1, -0.05) is 31.9 Å². The van der Waals surface area contributed by atoms with Crippen molar-refractivity contribution in [2.75, 3.05) is 20.1 Å². The summed E-state index contributed by atoms with van der Waals surface area (Å²) in [6.45, 7) is 8.42. The lowest BCUT2D eigenvalue weighted by Gasteiger charge is -2.36. The molecule has 1 saturated carbocycles. The number of nitrogens with zero attached hydrogens (tertiary/aromatic N) is 4. The molecule has 0 saturated heterocycles. The second kappa shape index (κ2) is 8.49. The van der Waals surface area contributed by atoms with Gasteiger partial charge in [-0.2, -0.15) is 0 Å². The minimum Gasteiger partial charge on any atom is -0.311 e.